The molecule has 0 saturated heterocycles. The molecule has 678 valence electrons. The van der Waals surface area contributed by atoms with Crippen molar-refractivity contribution in [1.82, 2.24) is 39.0 Å². The Morgan fingerprint density at radius 3 is 0.515 bits per heavy atom. The lowest BCUT2D eigenvalue weighted by molar-refractivity contribution is -0.144. The number of rotatable bonds is 14. The number of halogens is 24. The van der Waals surface area contributed by atoms with Crippen molar-refractivity contribution in [3.63, 3.8) is 0 Å². The van der Waals surface area contributed by atoms with Gasteiger partial charge in [-0.1, -0.05) is 164 Å². The van der Waals surface area contributed by atoms with Crippen LogP contribution in [0.4, 0.5) is 105 Å². The number of benzene rings is 15. The van der Waals surface area contributed by atoms with Gasteiger partial charge in [0.1, 0.15) is 0 Å². The number of alkyl halides is 24. The topological polar surface area (TPSA) is 87.2 Å². The van der Waals surface area contributed by atoms with E-state index in [2.05, 4.69) is 0 Å². The summed E-state index contributed by atoms with van der Waals surface area (Å²) in [6.07, 6.45) is -42.7. The highest BCUT2D eigenvalue weighted by atomic mass is 19.4. The lowest BCUT2D eigenvalue weighted by Crippen LogP contribution is -2.11. The molecule has 136 heavy (non-hydrogen) atoms. The third kappa shape index (κ3) is 17.8. The van der Waals surface area contributed by atoms with Crippen LogP contribution in [0, 0.1) is 0 Å². The molecule has 0 aliphatic rings. The summed E-state index contributed by atoms with van der Waals surface area (Å²) in [7, 11) is 0. The monoisotopic (exact) mass is 1870 g/mol. The molecule has 4 aromatic heterocycles. The van der Waals surface area contributed by atoms with Gasteiger partial charge in [-0.25, -0.2) is 29.9 Å². The highest BCUT2D eigenvalue weighted by molar-refractivity contribution is 6.13. The second-order valence-electron chi connectivity index (χ2n) is 32.0. The van der Waals surface area contributed by atoms with Crippen LogP contribution in [0.5, 0.6) is 0 Å². The van der Waals surface area contributed by atoms with E-state index in [1.807, 2.05) is 0 Å². The second-order valence-corrected chi connectivity index (χ2v) is 32.0. The zero-order valence-corrected chi connectivity index (χ0v) is 68.8. The Morgan fingerprint density at radius 1 is 0.140 bits per heavy atom. The van der Waals surface area contributed by atoms with Crippen LogP contribution in [0.15, 0.2) is 328 Å². The molecule has 0 unspecified atom stereocenters. The van der Waals surface area contributed by atoms with Crippen LogP contribution in [0.1, 0.15) is 44.5 Å². The second kappa shape index (κ2) is 33.2. The average molecular weight is 1870 g/mol. The lowest BCUT2D eigenvalue weighted by atomic mass is 9.95. The molecule has 19 aromatic rings. The Balaban J connectivity index is 0.877. The summed E-state index contributed by atoms with van der Waals surface area (Å²) >= 11 is 0. The van der Waals surface area contributed by atoms with E-state index in [-0.39, 0.29) is 148 Å². The first-order valence-electron chi connectivity index (χ1n) is 40.9. The van der Waals surface area contributed by atoms with Gasteiger partial charge in [0.25, 0.3) is 0 Å². The van der Waals surface area contributed by atoms with Crippen molar-refractivity contribution in [2.75, 3.05) is 0 Å². The van der Waals surface area contributed by atoms with Gasteiger partial charge in [-0.05, 0) is 231 Å². The predicted octanol–water partition coefficient (Wildman–Crippen LogP) is 32.4. The Bertz CT molecular complexity index is 6980. The van der Waals surface area contributed by atoms with Crippen LogP contribution >= 0.6 is 0 Å². The van der Waals surface area contributed by atoms with Gasteiger partial charge in [0.2, 0.25) is 0 Å². The van der Waals surface area contributed by atoms with E-state index in [0.29, 0.717) is 93.0 Å². The molecule has 0 aliphatic carbocycles. The highest BCUT2D eigenvalue weighted by Gasteiger charge is 2.42. The van der Waals surface area contributed by atoms with Crippen LogP contribution < -0.4 is 0 Å². The third-order valence-corrected chi connectivity index (χ3v) is 23.0. The van der Waals surface area contributed by atoms with Crippen LogP contribution in [0.2, 0.25) is 0 Å². The van der Waals surface area contributed by atoms with Gasteiger partial charge in [-0.3, -0.25) is 0 Å². The third-order valence-electron chi connectivity index (χ3n) is 23.0. The summed E-state index contributed by atoms with van der Waals surface area (Å²) in [6.45, 7) is 0. The van der Waals surface area contributed by atoms with Gasteiger partial charge in [-0.15, -0.1) is 0 Å². The Morgan fingerprint density at radius 2 is 0.309 bits per heavy atom. The highest BCUT2D eigenvalue weighted by Crippen LogP contribution is 2.50. The summed E-state index contributed by atoms with van der Waals surface area (Å²) < 4.78 is 357. The molecule has 0 bridgehead atoms. The first-order chi connectivity index (χ1) is 64.3. The molecule has 15 aromatic carbocycles. The molecule has 0 radical (unpaired) electrons. The van der Waals surface area contributed by atoms with Crippen molar-refractivity contribution in [3.8, 4) is 146 Å². The minimum absolute atomic E-state index is 0.000969. The SMILES string of the molecule is FC(F)(F)c1cc(-c2ccc3c(c2)c2cc(-c4cc(C(F)(F)F)cc(C(F)(F)F)c4)ccc2n3-c2cc(-c3cccc(-c4cc(-c5nc(-c6ccccc6)nc(-c6ccccc6)n5)cc(-n5c6ccc(-c7cc(C(F)(F)F)cc(C(F)(F)F)c7)cc6c6cc(-c7cc(C(F)(F)F)cc(C(F)(F)F)c7)ccc65)c4)c3)cc(-c3nc(-c4ccccc4)nc(-c4ccccc4)n3)c2)cc(C(F)(F)F)c1. The van der Waals surface area contributed by atoms with E-state index < -0.39 is 116 Å². The fraction of sp³-hybridized carbons (Fsp3) is 0.0769. The smallest absolute Gasteiger partial charge is 0.309 e. The maximum atomic E-state index is 14.7. The lowest BCUT2D eigenvalue weighted by Gasteiger charge is -2.17. The molecule has 4 heterocycles. The zero-order valence-electron chi connectivity index (χ0n) is 68.8. The molecule has 0 atom stereocenters. The van der Waals surface area contributed by atoms with Crippen molar-refractivity contribution in [1.29, 1.82) is 0 Å². The molecule has 32 heteroatoms. The molecule has 19 rings (SSSR count). The van der Waals surface area contributed by atoms with E-state index in [0.717, 1.165) is 0 Å². The molecule has 0 N–H and O–H groups in total. The Labute approximate surface area is 752 Å². The van der Waals surface area contributed by atoms with E-state index in [4.69, 9.17) is 29.9 Å². The van der Waals surface area contributed by atoms with Gasteiger partial charge >= 0.3 is 49.4 Å². The van der Waals surface area contributed by atoms with Gasteiger partial charge in [0.15, 0.2) is 34.9 Å². The molecule has 0 amide bonds. The van der Waals surface area contributed by atoms with E-state index in [1.165, 1.54) is 72.8 Å². The number of hydrogen-bond acceptors (Lipinski definition) is 6. The van der Waals surface area contributed by atoms with Gasteiger partial charge in [-0.2, -0.15) is 105 Å². The normalized spacial score (nSPS) is 12.7. The fourth-order valence-corrected chi connectivity index (χ4v) is 16.6. The average Bonchev–Trinajstić information content (AvgIpc) is 1.58. The first-order valence-corrected chi connectivity index (χ1v) is 40.9. The molecule has 0 fully saturated rings. The minimum atomic E-state index is -5.34. The number of nitrogens with zero attached hydrogens (tertiary/aromatic N) is 8. The summed E-state index contributed by atoms with van der Waals surface area (Å²) in [6, 6.07) is 70.2. The van der Waals surface area contributed by atoms with E-state index in [9.17, 15) is 105 Å². The van der Waals surface area contributed by atoms with Crippen molar-refractivity contribution in [3.05, 3.63) is 372 Å². The summed E-state index contributed by atoms with van der Waals surface area (Å²) in [5, 5.41) is -0.0354. The summed E-state index contributed by atoms with van der Waals surface area (Å²) in [5.41, 5.74) is -12.6. The number of fused-ring (bicyclic) bond motifs is 6. The zero-order chi connectivity index (χ0) is 95.8. The molecule has 8 nitrogen and oxygen atoms in total. The molecular weight excluding hydrogens is 1820 g/mol. The maximum absolute atomic E-state index is 14.7. The van der Waals surface area contributed by atoms with E-state index in [1.54, 1.807) is 191 Å². The predicted molar refractivity (Wildman–Crippen MR) is 467 cm³/mol. The fourth-order valence-electron chi connectivity index (χ4n) is 16.6. The molecular formula is C104H54F24N8. The summed E-state index contributed by atoms with van der Waals surface area (Å²) in [4.78, 5) is 30.0. The standard InChI is InChI=1S/C104H54F24N8/c105-97(106,107)73-35-67(36-74(51-73)98(108,109)110)61-24-28-87-83(47-61)84-48-62(68-37-75(99(111,112)113)52-76(38-68)100(114,115)116)25-29-88(84)135(87)81-43-65(33-71(45-81)95-131-91(55-14-5-1-6-15-55)129-92(132-95)56-16-7-2-8-17-56)59-22-13-23-60(32-59)66-34-72(96-133-93(57-18-9-3-10-19-57)130-94(134-96)58-20-11-4-12-21-58)46-82(44-66)136-89-30-26-63(69-39-77(101(117,118)119)53-78(40-69)102(120,121)122)49-85(89)86-50-64(27-31-90(86)136)70-41-79(103(123,124)125)54-80(42-70)104(126,127)128/h1-54H. The quantitative estimate of drug-likeness (QED) is 0.101. The van der Waals surface area contributed by atoms with Gasteiger partial charge in [0.05, 0.1) is 66.6 Å². The minimum Gasteiger partial charge on any atom is -0.309 e. The van der Waals surface area contributed by atoms with Crippen molar-refractivity contribution in [2.45, 2.75) is 49.4 Å². The first kappa shape index (κ1) is 89.5. The number of hydrogen-bond donors (Lipinski definition) is 0. The Kier molecular flexibility index (Phi) is 21.8. The molecule has 0 spiro atoms. The van der Waals surface area contributed by atoms with E-state index >= 15 is 0 Å². The van der Waals surface area contributed by atoms with Crippen LogP contribution in [0.3, 0.4) is 0 Å². The van der Waals surface area contributed by atoms with Gasteiger partial charge in [0, 0.05) is 66.3 Å². The maximum Gasteiger partial charge on any atom is 0.416 e. The summed E-state index contributed by atoms with van der Waals surface area (Å²) in [5.74, 6) is 0.599. The van der Waals surface area contributed by atoms with Crippen molar-refractivity contribution >= 4 is 43.6 Å². The number of aromatic nitrogens is 8. The van der Waals surface area contributed by atoms with Crippen molar-refractivity contribution < 1.29 is 105 Å². The Hall–Kier alpha value is -15.8. The van der Waals surface area contributed by atoms with Crippen LogP contribution in [-0.4, -0.2) is 39.0 Å². The van der Waals surface area contributed by atoms with Crippen LogP contribution in [-0.2, 0) is 49.4 Å². The molecule has 0 aliphatic heterocycles. The van der Waals surface area contributed by atoms with Gasteiger partial charge < -0.3 is 9.13 Å². The molecule has 0 saturated carbocycles. The largest absolute Gasteiger partial charge is 0.416 e. The van der Waals surface area contributed by atoms with Crippen LogP contribution in [0.25, 0.3) is 190 Å². The van der Waals surface area contributed by atoms with Crippen molar-refractivity contribution in [2.24, 2.45) is 0 Å².